The number of nitrogens with one attached hydrogen (secondary N) is 1. The van der Waals surface area contributed by atoms with Crippen LogP contribution in [-0.2, 0) is 13.5 Å². The van der Waals surface area contributed by atoms with Gasteiger partial charge in [-0.3, -0.25) is 4.79 Å². The zero-order valence-corrected chi connectivity index (χ0v) is 17.8. The Kier molecular flexibility index (Phi) is 6.50. The summed E-state index contributed by atoms with van der Waals surface area (Å²) >= 11 is 1.39. The second-order valence-corrected chi connectivity index (χ2v) is 7.36. The molecule has 10 heteroatoms. The summed E-state index contributed by atoms with van der Waals surface area (Å²) in [5.41, 5.74) is 2.81. The van der Waals surface area contributed by atoms with Gasteiger partial charge in [-0.1, -0.05) is 5.16 Å². The molecule has 146 valence electrons. The molecule has 0 amide bonds. The second kappa shape index (κ2) is 8.28. The summed E-state index contributed by atoms with van der Waals surface area (Å²) in [5, 5.41) is 12.1. The van der Waals surface area contributed by atoms with Crippen molar-refractivity contribution in [2.45, 2.75) is 40.2 Å². The van der Waals surface area contributed by atoms with Crippen molar-refractivity contribution >= 4 is 23.7 Å². The van der Waals surface area contributed by atoms with Gasteiger partial charge < -0.3 is 9.84 Å². The van der Waals surface area contributed by atoms with Crippen LogP contribution >= 0.6 is 23.7 Å². The Morgan fingerprint density at radius 2 is 1.93 bits per heavy atom. The van der Waals surface area contributed by atoms with E-state index in [9.17, 15) is 4.79 Å². The van der Waals surface area contributed by atoms with Gasteiger partial charge in [-0.15, -0.1) is 23.7 Å². The average Bonchev–Trinajstić information content (AvgIpc) is 3.19. The minimum Gasteiger partial charge on any atom is -0.333 e. The van der Waals surface area contributed by atoms with Crippen LogP contribution in [0.15, 0.2) is 9.32 Å². The molecular formula is C17H23ClN6O2S. The van der Waals surface area contributed by atoms with Gasteiger partial charge in [0.05, 0.1) is 17.0 Å². The normalized spacial score (nSPS) is 12.1. The molecule has 0 fully saturated rings. The molecule has 0 aliphatic heterocycles. The largest absolute Gasteiger partial charge is 0.333 e. The highest BCUT2D eigenvalue weighted by Gasteiger charge is 2.21. The maximum Gasteiger partial charge on any atom is 0.277 e. The molecular weight excluding hydrogens is 388 g/mol. The fraction of sp³-hybridized carbons (Fsp3) is 0.471. The van der Waals surface area contributed by atoms with Crippen molar-refractivity contribution in [1.29, 1.82) is 0 Å². The van der Waals surface area contributed by atoms with Crippen LogP contribution in [0, 0.1) is 20.8 Å². The summed E-state index contributed by atoms with van der Waals surface area (Å²) in [6.07, 6.45) is 0.675. The molecule has 3 rings (SSSR count). The molecule has 3 aromatic heterocycles. The molecule has 0 radical (unpaired) electrons. The van der Waals surface area contributed by atoms with Gasteiger partial charge >= 0.3 is 0 Å². The van der Waals surface area contributed by atoms with Crippen LogP contribution in [0.2, 0.25) is 0 Å². The summed E-state index contributed by atoms with van der Waals surface area (Å²) < 4.78 is 6.77. The van der Waals surface area contributed by atoms with Crippen LogP contribution in [0.5, 0.6) is 0 Å². The fourth-order valence-corrected chi connectivity index (χ4v) is 3.69. The number of hydrogen-bond acceptors (Lipinski definition) is 8. The van der Waals surface area contributed by atoms with Crippen LogP contribution in [0.1, 0.15) is 29.7 Å². The van der Waals surface area contributed by atoms with E-state index in [0.717, 1.165) is 21.8 Å². The Morgan fingerprint density at radius 1 is 1.22 bits per heavy atom. The number of likely N-dealkylation sites (N-methyl/N-ethyl adjacent to an activating group) is 1. The Bertz CT molecular complexity index is 1010. The molecule has 8 nitrogen and oxygen atoms in total. The molecule has 1 atom stereocenters. The first-order valence-electron chi connectivity index (χ1n) is 8.34. The zero-order valence-electron chi connectivity index (χ0n) is 16.2. The molecule has 0 aliphatic rings. The summed E-state index contributed by atoms with van der Waals surface area (Å²) in [4.78, 5) is 22.4. The first-order valence-corrected chi connectivity index (χ1v) is 9.16. The van der Waals surface area contributed by atoms with Crippen molar-refractivity contribution in [3.8, 4) is 21.3 Å². The van der Waals surface area contributed by atoms with Gasteiger partial charge in [-0.25, -0.2) is 9.67 Å². The average molecular weight is 411 g/mol. The summed E-state index contributed by atoms with van der Waals surface area (Å²) in [6, 6.07) is 0.254. The van der Waals surface area contributed by atoms with E-state index in [4.69, 9.17) is 4.52 Å². The monoisotopic (exact) mass is 410 g/mol. The molecule has 1 unspecified atom stereocenters. The lowest BCUT2D eigenvalue weighted by Gasteiger charge is -2.07. The molecule has 0 bridgehead atoms. The van der Waals surface area contributed by atoms with Gasteiger partial charge in [0.25, 0.3) is 11.4 Å². The predicted octanol–water partition coefficient (Wildman–Crippen LogP) is 2.45. The number of nitrogens with zero attached hydrogens (tertiary/aromatic N) is 5. The van der Waals surface area contributed by atoms with Crippen LogP contribution < -0.4 is 10.9 Å². The first-order chi connectivity index (χ1) is 12.3. The van der Waals surface area contributed by atoms with E-state index in [1.165, 1.54) is 16.0 Å². The molecule has 0 aromatic carbocycles. The number of aryl methyl sites for hydroxylation is 3. The first kappa shape index (κ1) is 21.2. The van der Waals surface area contributed by atoms with E-state index in [0.29, 0.717) is 28.7 Å². The molecule has 3 heterocycles. The SMILES string of the molecule is CNC(C)Cc1noc(-c2sc(-c3c(C)c(C)nn(C)c3=O)nc2C)n1.Cl. The highest BCUT2D eigenvalue weighted by Crippen LogP contribution is 2.34. The molecule has 0 saturated carbocycles. The lowest BCUT2D eigenvalue weighted by Crippen LogP contribution is -2.24. The quantitative estimate of drug-likeness (QED) is 0.689. The topological polar surface area (TPSA) is 98.7 Å². The number of aromatic nitrogens is 5. The van der Waals surface area contributed by atoms with Crippen molar-refractivity contribution in [2.75, 3.05) is 7.05 Å². The van der Waals surface area contributed by atoms with Gasteiger partial charge in [0.15, 0.2) is 5.82 Å². The van der Waals surface area contributed by atoms with Crippen molar-refractivity contribution < 1.29 is 4.52 Å². The van der Waals surface area contributed by atoms with Gasteiger partial charge in [0, 0.05) is 19.5 Å². The molecule has 0 spiro atoms. The van der Waals surface area contributed by atoms with Gasteiger partial charge in [0.1, 0.15) is 9.88 Å². The van der Waals surface area contributed by atoms with Crippen molar-refractivity contribution in [1.82, 2.24) is 30.2 Å². The van der Waals surface area contributed by atoms with E-state index in [-0.39, 0.29) is 24.0 Å². The Morgan fingerprint density at radius 3 is 2.59 bits per heavy atom. The van der Waals surface area contributed by atoms with E-state index >= 15 is 0 Å². The van der Waals surface area contributed by atoms with Gasteiger partial charge in [0.2, 0.25) is 0 Å². The van der Waals surface area contributed by atoms with Gasteiger partial charge in [-0.05, 0) is 40.3 Å². The zero-order chi connectivity index (χ0) is 19.0. The molecule has 27 heavy (non-hydrogen) atoms. The number of hydrogen-bond donors (Lipinski definition) is 1. The highest BCUT2D eigenvalue weighted by molar-refractivity contribution is 7.18. The molecule has 0 aliphatic carbocycles. The maximum atomic E-state index is 12.6. The Balaban J connectivity index is 0.00000261. The third kappa shape index (κ3) is 4.10. The number of rotatable bonds is 5. The van der Waals surface area contributed by atoms with Crippen LogP contribution in [0.4, 0.5) is 0 Å². The molecule has 3 aromatic rings. The van der Waals surface area contributed by atoms with Crippen LogP contribution in [0.25, 0.3) is 21.3 Å². The van der Waals surface area contributed by atoms with Crippen LogP contribution in [-0.4, -0.2) is 38.0 Å². The van der Waals surface area contributed by atoms with E-state index in [1.54, 1.807) is 7.05 Å². The Labute approximate surface area is 167 Å². The minimum atomic E-state index is -0.164. The highest BCUT2D eigenvalue weighted by atomic mass is 35.5. The third-order valence-electron chi connectivity index (χ3n) is 4.38. The predicted molar refractivity (Wildman–Crippen MR) is 108 cm³/mol. The van der Waals surface area contributed by atoms with E-state index in [2.05, 4.69) is 32.5 Å². The van der Waals surface area contributed by atoms with Crippen molar-refractivity contribution in [3.63, 3.8) is 0 Å². The maximum absolute atomic E-state index is 12.6. The van der Waals surface area contributed by atoms with Gasteiger partial charge in [-0.2, -0.15) is 10.1 Å². The smallest absolute Gasteiger partial charge is 0.277 e. The lowest BCUT2D eigenvalue weighted by molar-refractivity contribution is 0.418. The van der Waals surface area contributed by atoms with E-state index < -0.39 is 0 Å². The third-order valence-corrected chi connectivity index (χ3v) is 5.54. The van der Waals surface area contributed by atoms with Crippen molar-refractivity contribution in [3.05, 3.63) is 33.1 Å². The summed E-state index contributed by atoms with van der Waals surface area (Å²) in [6.45, 7) is 7.70. The lowest BCUT2D eigenvalue weighted by atomic mass is 10.1. The van der Waals surface area contributed by atoms with Crippen LogP contribution in [0.3, 0.4) is 0 Å². The summed E-state index contributed by atoms with van der Waals surface area (Å²) in [5.74, 6) is 1.08. The van der Waals surface area contributed by atoms with E-state index in [1.807, 2.05) is 27.8 Å². The standard InChI is InChI=1S/C17H22N6O2S.ClH/c1-8(18-5)7-12-20-15(25-22-12)14-11(4)19-16(26-14)13-9(2)10(3)21-23(6)17(13)24;/h8,18H,7H2,1-6H3;1H. The van der Waals surface area contributed by atoms with Crippen molar-refractivity contribution in [2.24, 2.45) is 7.05 Å². The molecule has 1 N–H and O–H groups in total. The molecule has 0 saturated heterocycles. The number of halogens is 1. The summed E-state index contributed by atoms with van der Waals surface area (Å²) in [7, 11) is 3.54. The Hall–Kier alpha value is -2.10. The second-order valence-electron chi connectivity index (χ2n) is 6.36. The minimum absolute atomic E-state index is 0. The number of thiazole rings is 1. The fourth-order valence-electron chi connectivity index (χ4n) is 2.61.